The van der Waals surface area contributed by atoms with Crippen molar-refractivity contribution >= 4 is 28.3 Å². The van der Waals surface area contributed by atoms with Crippen LogP contribution in [0.25, 0.3) is 10.9 Å². The molecule has 9 heteroatoms. The van der Waals surface area contributed by atoms with Crippen LogP contribution < -0.4 is 15.5 Å². The van der Waals surface area contributed by atoms with Crippen LogP contribution >= 0.6 is 0 Å². The van der Waals surface area contributed by atoms with Crippen LogP contribution in [0.1, 0.15) is 15.9 Å². The molecular weight excluding hydrogens is 449 g/mol. The second kappa shape index (κ2) is 9.22. The van der Waals surface area contributed by atoms with Crippen molar-refractivity contribution in [2.24, 2.45) is 0 Å². The van der Waals surface area contributed by atoms with Gasteiger partial charge in [0.2, 0.25) is 11.3 Å². The van der Waals surface area contributed by atoms with E-state index in [1.165, 1.54) is 42.1 Å². The fourth-order valence-electron chi connectivity index (χ4n) is 3.48. The SMILES string of the molecule is COc1ccc2c(c1)c(=O)c(C(=O)c1ccc(F)cc1)cn2CC(=O)Nc1ccc(F)c(F)c1. The average Bonchev–Trinajstić information content (AvgIpc) is 2.83. The minimum atomic E-state index is -1.12. The lowest BCUT2D eigenvalue weighted by Gasteiger charge is -2.14. The van der Waals surface area contributed by atoms with Crippen molar-refractivity contribution in [3.63, 3.8) is 0 Å². The number of benzene rings is 3. The molecule has 172 valence electrons. The van der Waals surface area contributed by atoms with Gasteiger partial charge in [-0.2, -0.15) is 0 Å². The molecule has 0 aliphatic carbocycles. The van der Waals surface area contributed by atoms with Crippen LogP contribution in [0.4, 0.5) is 18.9 Å². The van der Waals surface area contributed by atoms with Crippen LogP contribution in [-0.4, -0.2) is 23.4 Å². The number of aromatic nitrogens is 1. The van der Waals surface area contributed by atoms with Crippen molar-refractivity contribution in [3.05, 3.63) is 106 Å². The van der Waals surface area contributed by atoms with Crippen LogP contribution in [0.3, 0.4) is 0 Å². The smallest absolute Gasteiger partial charge is 0.244 e. The Labute approximate surface area is 191 Å². The van der Waals surface area contributed by atoms with E-state index in [2.05, 4.69) is 5.32 Å². The molecule has 0 bridgehead atoms. The first-order chi connectivity index (χ1) is 16.3. The number of nitrogens with zero attached hydrogens (tertiary/aromatic N) is 1. The maximum Gasteiger partial charge on any atom is 0.244 e. The molecule has 34 heavy (non-hydrogen) atoms. The zero-order valence-corrected chi connectivity index (χ0v) is 17.8. The molecule has 1 N–H and O–H groups in total. The maximum absolute atomic E-state index is 13.5. The van der Waals surface area contributed by atoms with Crippen LogP contribution in [0.2, 0.25) is 0 Å². The molecule has 1 heterocycles. The van der Waals surface area contributed by atoms with E-state index in [-0.39, 0.29) is 28.7 Å². The normalized spacial score (nSPS) is 10.8. The van der Waals surface area contributed by atoms with E-state index in [0.29, 0.717) is 11.3 Å². The summed E-state index contributed by atoms with van der Waals surface area (Å²) in [5.74, 6) is -3.59. The number of hydrogen-bond donors (Lipinski definition) is 1. The second-order valence-corrected chi connectivity index (χ2v) is 7.40. The van der Waals surface area contributed by atoms with Gasteiger partial charge in [0.25, 0.3) is 0 Å². The Morgan fingerprint density at radius 3 is 2.35 bits per heavy atom. The molecule has 0 spiro atoms. The summed E-state index contributed by atoms with van der Waals surface area (Å²) in [4.78, 5) is 38.8. The third kappa shape index (κ3) is 4.54. The van der Waals surface area contributed by atoms with E-state index >= 15 is 0 Å². The lowest BCUT2D eigenvalue weighted by atomic mass is 10.0. The first-order valence-electron chi connectivity index (χ1n) is 10.0. The highest BCUT2D eigenvalue weighted by atomic mass is 19.2. The van der Waals surface area contributed by atoms with Gasteiger partial charge in [-0.15, -0.1) is 0 Å². The summed E-state index contributed by atoms with van der Waals surface area (Å²) in [6.45, 7) is -0.341. The Kier molecular flexibility index (Phi) is 6.18. The van der Waals surface area contributed by atoms with Gasteiger partial charge in [-0.05, 0) is 54.6 Å². The first-order valence-corrected chi connectivity index (χ1v) is 10.0. The van der Waals surface area contributed by atoms with Gasteiger partial charge < -0.3 is 14.6 Å². The van der Waals surface area contributed by atoms with Gasteiger partial charge >= 0.3 is 0 Å². The van der Waals surface area contributed by atoms with E-state index < -0.39 is 34.6 Å². The standard InChI is InChI=1S/C25H17F3N2O4/c1-34-17-7-9-22-18(11-17)25(33)19(24(32)14-2-4-15(26)5-3-14)12-30(22)13-23(31)29-16-6-8-20(27)21(28)10-16/h2-12H,13H2,1H3,(H,29,31). The van der Waals surface area contributed by atoms with Crippen molar-refractivity contribution in [3.8, 4) is 5.75 Å². The van der Waals surface area contributed by atoms with Crippen molar-refractivity contribution in [1.29, 1.82) is 0 Å². The molecule has 0 aliphatic heterocycles. The third-order valence-electron chi connectivity index (χ3n) is 5.16. The molecule has 0 radical (unpaired) electrons. The predicted molar refractivity (Wildman–Crippen MR) is 120 cm³/mol. The van der Waals surface area contributed by atoms with E-state index in [0.717, 1.165) is 24.3 Å². The largest absolute Gasteiger partial charge is 0.497 e. The summed E-state index contributed by atoms with van der Waals surface area (Å²) in [6, 6.07) is 12.2. The first kappa shape index (κ1) is 22.8. The average molecular weight is 466 g/mol. The number of ketones is 1. The van der Waals surface area contributed by atoms with Gasteiger partial charge in [0, 0.05) is 23.5 Å². The molecule has 0 fully saturated rings. The minimum absolute atomic E-state index is 0.0403. The molecule has 0 atom stereocenters. The molecule has 3 aromatic carbocycles. The summed E-state index contributed by atoms with van der Waals surface area (Å²) < 4.78 is 46.5. The summed E-state index contributed by atoms with van der Waals surface area (Å²) in [5, 5.41) is 2.58. The highest BCUT2D eigenvalue weighted by molar-refractivity contribution is 6.10. The van der Waals surface area contributed by atoms with Gasteiger partial charge in [0.05, 0.1) is 23.6 Å². The number of hydrogen-bond acceptors (Lipinski definition) is 4. The van der Waals surface area contributed by atoms with Gasteiger partial charge in [0.1, 0.15) is 18.1 Å². The topological polar surface area (TPSA) is 77.4 Å². The molecule has 0 saturated heterocycles. The van der Waals surface area contributed by atoms with Crippen LogP contribution in [0.15, 0.2) is 71.7 Å². The number of pyridine rings is 1. The van der Waals surface area contributed by atoms with E-state index in [4.69, 9.17) is 4.74 Å². The number of carbonyl (C=O) groups excluding carboxylic acids is 2. The Balaban J connectivity index is 1.76. The molecule has 1 aromatic heterocycles. The summed E-state index contributed by atoms with van der Waals surface area (Å²) in [5.41, 5.74) is -0.326. The molecule has 1 amide bonds. The highest BCUT2D eigenvalue weighted by Crippen LogP contribution is 2.21. The van der Waals surface area contributed by atoms with Crippen molar-refractivity contribution in [1.82, 2.24) is 4.57 Å². The molecule has 4 rings (SSSR count). The number of carbonyl (C=O) groups is 2. The Bertz CT molecular complexity index is 1480. The molecule has 0 aliphatic rings. The van der Waals surface area contributed by atoms with Crippen molar-refractivity contribution in [2.75, 3.05) is 12.4 Å². The fourth-order valence-corrected chi connectivity index (χ4v) is 3.48. The summed E-state index contributed by atoms with van der Waals surface area (Å²) in [6.07, 6.45) is 1.24. The number of halogens is 3. The van der Waals surface area contributed by atoms with Gasteiger partial charge in [-0.3, -0.25) is 14.4 Å². The molecule has 6 nitrogen and oxygen atoms in total. The number of anilines is 1. The van der Waals surface area contributed by atoms with Gasteiger partial charge in [-0.1, -0.05) is 0 Å². The van der Waals surface area contributed by atoms with Crippen LogP contribution in [0.5, 0.6) is 5.75 Å². The monoisotopic (exact) mass is 466 g/mol. The van der Waals surface area contributed by atoms with Crippen LogP contribution in [0, 0.1) is 17.5 Å². The Morgan fingerprint density at radius 1 is 0.941 bits per heavy atom. The van der Waals surface area contributed by atoms with Crippen LogP contribution in [-0.2, 0) is 11.3 Å². The summed E-state index contributed by atoms with van der Waals surface area (Å²) in [7, 11) is 1.42. The van der Waals surface area contributed by atoms with Crippen molar-refractivity contribution in [2.45, 2.75) is 6.54 Å². The molecule has 0 saturated carbocycles. The van der Waals surface area contributed by atoms with E-state index in [9.17, 15) is 27.6 Å². The number of amides is 1. The second-order valence-electron chi connectivity index (χ2n) is 7.40. The van der Waals surface area contributed by atoms with E-state index in [1.807, 2.05) is 0 Å². The number of nitrogens with one attached hydrogen (secondary N) is 1. The molecule has 4 aromatic rings. The Hall–Kier alpha value is -4.40. The zero-order chi connectivity index (χ0) is 24.4. The van der Waals surface area contributed by atoms with Gasteiger partial charge in [0.15, 0.2) is 17.4 Å². The van der Waals surface area contributed by atoms with Gasteiger partial charge in [-0.25, -0.2) is 13.2 Å². The predicted octanol–water partition coefficient (Wildman–Crippen LogP) is 4.30. The number of methoxy groups -OCH3 is 1. The fraction of sp³-hybridized carbons (Fsp3) is 0.0800. The third-order valence-corrected chi connectivity index (χ3v) is 5.16. The highest BCUT2D eigenvalue weighted by Gasteiger charge is 2.19. The number of rotatable bonds is 6. The summed E-state index contributed by atoms with van der Waals surface area (Å²) >= 11 is 0. The quantitative estimate of drug-likeness (QED) is 0.430. The van der Waals surface area contributed by atoms with E-state index in [1.54, 1.807) is 12.1 Å². The number of ether oxygens (including phenoxy) is 1. The lowest BCUT2D eigenvalue weighted by Crippen LogP contribution is -2.24. The molecule has 0 unspecified atom stereocenters. The van der Waals surface area contributed by atoms with Crippen molar-refractivity contribution < 1.29 is 27.5 Å². The number of fused-ring (bicyclic) bond motifs is 1. The molecular formula is C25H17F3N2O4. The minimum Gasteiger partial charge on any atom is -0.497 e. The Morgan fingerprint density at radius 2 is 1.68 bits per heavy atom. The lowest BCUT2D eigenvalue weighted by molar-refractivity contribution is -0.116. The maximum atomic E-state index is 13.5. The zero-order valence-electron chi connectivity index (χ0n) is 17.8.